The molecule has 4 aromatic rings. The van der Waals surface area contributed by atoms with Crippen molar-refractivity contribution in [3.05, 3.63) is 117 Å². The third-order valence-corrected chi connectivity index (χ3v) is 9.75. The molecule has 2 atom stereocenters. The number of aromatic hydroxyl groups is 1. The van der Waals surface area contributed by atoms with Crippen molar-refractivity contribution in [1.82, 2.24) is 9.80 Å². The first-order valence-electron chi connectivity index (χ1n) is 18.6. The van der Waals surface area contributed by atoms with Gasteiger partial charge in [-0.2, -0.15) is 0 Å². The Morgan fingerprint density at radius 1 is 0.877 bits per heavy atom. The van der Waals surface area contributed by atoms with Crippen molar-refractivity contribution in [1.29, 1.82) is 0 Å². The van der Waals surface area contributed by atoms with Gasteiger partial charge in [0.2, 0.25) is 5.91 Å². The van der Waals surface area contributed by atoms with Gasteiger partial charge < -0.3 is 38.4 Å². The van der Waals surface area contributed by atoms with Gasteiger partial charge in [-0.1, -0.05) is 66.7 Å². The summed E-state index contributed by atoms with van der Waals surface area (Å²) in [5.74, 6) is 0.677. The number of carbonyl (C=O) groups excluding carboxylic acids is 3. The molecule has 1 heterocycles. The number of phenolic OH excluding ortho intramolecular Hbond substituents is 1. The minimum Gasteiger partial charge on any atom is -0.507 e. The Kier molecular flexibility index (Phi) is 13.5. The summed E-state index contributed by atoms with van der Waals surface area (Å²) in [5.41, 5.74) is 3.58. The van der Waals surface area contributed by atoms with Crippen LogP contribution >= 0.6 is 0 Å². The van der Waals surface area contributed by atoms with Gasteiger partial charge in [-0.3, -0.25) is 14.5 Å². The highest BCUT2D eigenvalue weighted by molar-refractivity contribution is 5.91. The van der Waals surface area contributed by atoms with E-state index in [1.165, 1.54) is 38.2 Å². The second kappa shape index (κ2) is 18.3. The van der Waals surface area contributed by atoms with Crippen LogP contribution in [0.3, 0.4) is 0 Å². The van der Waals surface area contributed by atoms with Crippen molar-refractivity contribution < 1.29 is 47.9 Å². The number of hydrogen-bond donors (Lipinski definition) is 1. The third-order valence-electron chi connectivity index (χ3n) is 9.75. The fourth-order valence-corrected chi connectivity index (χ4v) is 6.96. The second-order valence-corrected chi connectivity index (χ2v) is 14.8. The molecule has 1 aliphatic heterocycles. The van der Waals surface area contributed by atoms with Gasteiger partial charge in [-0.15, -0.1) is 0 Å². The molecule has 302 valence electrons. The molecule has 0 fully saturated rings. The average Bonchev–Trinajstić information content (AvgIpc) is 3.19. The van der Waals surface area contributed by atoms with Crippen LogP contribution in [-0.2, 0) is 33.9 Å². The number of aryl methyl sites for hydroxylation is 1. The van der Waals surface area contributed by atoms with E-state index in [0.29, 0.717) is 51.4 Å². The third kappa shape index (κ3) is 9.35. The van der Waals surface area contributed by atoms with Crippen LogP contribution in [0.5, 0.6) is 28.7 Å². The lowest BCUT2D eigenvalue weighted by Gasteiger charge is -2.39. The van der Waals surface area contributed by atoms with Crippen LogP contribution in [0, 0.1) is 13.8 Å². The summed E-state index contributed by atoms with van der Waals surface area (Å²) in [6, 6.07) is 18.8. The van der Waals surface area contributed by atoms with Crippen molar-refractivity contribution in [3.63, 3.8) is 0 Å². The SMILES string of the molecule is COc1c(C)cc(C[C@@H](C(=O)N2C=Cc3c(O)c(C)c(OC)c(OC)c3[C@@H]2COCc2ccccc2)N(C)C(=O)OC(C)(C)C)c(C=O)c1OCc1ccccc1. The number of methoxy groups -OCH3 is 3. The highest BCUT2D eigenvalue weighted by atomic mass is 16.6. The molecule has 1 aliphatic rings. The van der Waals surface area contributed by atoms with Gasteiger partial charge in [0, 0.05) is 36.4 Å². The molecule has 1 N–H and O–H groups in total. The van der Waals surface area contributed by atoms with Gasteiger partial charge in [-0.25, -0.2) is 4.79 Å². The number of benzene rings is 4. The van der Waals surface area contributed by atoms with Crippen molar-refractivity contribution in [2.24, 2.45) is 0 Å². The van der Waals surface area contributed by atoms with Crippen molar-refractivity contribution >= 4 is 24.4 Å². The van der Waals surface area contributed by atoms with E-state index in [1.54, 1.807) is 46.0 Å². The average molecular weight is 781 g/mol. The molecule has 12 nitrogen and oxygen atoms in total. The number of phenols is 1. The lowest BCUT2D eigenvalue weighted by atomic mass is 9.90. The number of aldehydes is 1. The summed E-state index contributed by atoms with van der Waals surface area (Å²) in [6.07, 6.45) is 3.01. The first-order valence-corrected chi connectivity index (χ1v) is 18.6. The summed E-state index contributed by atoms with van der Waals surface area (Å²) in [5, 5.41) is 11.4. The van der Waals surface area contributed by atoms with Gasteiger partial charge in [-0.05, 0) is 62.9 Å². The van der Waals surface area contributed by atoms with E-state index in [4.69, 9.17) is 28.4 Å². The number of rotatable bonds is 15. The quantitative estimate of drug-likeness (QED) is 0.118. The maximum absolute atomic E-state index is 15.3. The zero-order valence-corrected chi connectivity index (χ0v) is 34.1. The van der Waals surface area contributed by atoms with Crippen molar-refractivity contribution in [2.75, 3.05) is 35.0 Å². The van der Waals surface area contributed by atoms with Crippen molar-refractivity contribution in [2.45, 2.75) is 71.9 Å². The number of nitrogens with zero attached hydrogens (tertiary/aromatic N) is 2. The second-order valence-electron chi connectivity index (χ2n) is 14.8. The van der Waals surface area contributed by atoms with E-state index >= 15 is 4.79 Å². The number of amides is 2. The molecule has 0 spiro atoms. The molecule has 12 heteroatoms. The Morgan fingerprint density at radius 2 is 1.47 bits per heavy atom. The Bertz CT molecular complexity index is 2090. The largest absolute Gasteiger partial charge is 0.507 e. The Balaban J connectivity index is 1.63. The predicted octanol–water partition coefficient (Wildman–Crippen LogP) is 7.98. The number of ether oxygens (including phenoxy) is 6. The van der Waals surface area contributed by atoms with E-state index < -0.39 is 29.7 Å². The maximum atomic E-state index is 15.3. The molecular weight excluding hydrogens is 728 g/mol. The molecule has 0 aliphatic carbocycles. The molecule has 57 heavy (non-hydrogen) atoms. The molecule has 5 rings (SSSR count). The van der Waals surface area contributed by atoms with Gasteiger partial charge in [0.15, 0.2) is 29.3 Å². The zero-order chi connectivity index (χ0) is 41.4. The molecule has 0 aromatic heterocycles. The van der Waals surface area contributed by atoms with Crippen LogP contribution in [0.15, 0.2) is 72.9 Å². The minimum atomic E-state index is -1.22. The van der Waals surface area contributed by atoms with Crippen LogP contribution in [0.25, 0.3) is 6.08 Å². The first-order chi connectivity index (χ1) is 27.2. The summed E-state index contributed by atoms with van der Waals surface area (Å²) < 4.78 is 35.6. The van der Waals surface area contributed by atoms with Gasteiger partial charge in [0.05, 0.1) is 46.1 Å². The van der Waals surface area contributed by atoms with Crippen LogP contribution in [0.2, 0.25) is 0 Å². The Labute approximate surface area is 334 Å². The highest BCUT2D eigenvalue weighted by Crippen LogP contribution is 2.50. The van der Waals surface area contributed by atoms with E-state index in [-0.39, 0.29) is 43.3 Å². The van der Waals surface area contributed by atoms with E-state index in [2.05, 4.69) is 0 Å². The smallest absolute Gasteiger partial charge is 0.410 e. The predicted molar refractivity (Wildman–Crippen MR) is 216 cm³/mol. The molecular formula is C45H52N2O10. The normalized spacial score (nSPS) is 14.0. The van der Waals surface area contributed by atoms with Gasteiger partial charge >= 0.3 is 6.09 Å². The fourth-order valence-electron chi connectivity index (χ4n) is 6.96. The molecule has 0 radical (unpaired) electrons. The highest BCUT2D eigenvalue weighted by Gasteiger charge is 2.41. The molecule has 0 saturated carbocycles. The van der Waals surface area contributed by atoms with Gasteiger partial charge in [0.1, 0.15) is 24.0 Å². The molecule has 0 unspecified atom stereocenters. The van der Waals surface area contributed by atoms with Gasteiger partial charge in [0.25, 0.3) is 0 Å². The lowest BCUT2D eigenvalue weighted by molar-refractivity contribution is -0.137. The first kappa shape index (κ1) is 42.1. The summed E-state index contributed by atoms with van der Waals surface area (Å²) in [6.45, 7) is 9.11. The summed E-state index contributed by atoms with van der Waals surface area (Å²) in [7, 11) is 5.95. The zero-order valence-electron chi connectivity index (χ0n) is 34.1. The van der Waals surface area contributed by atoms with Crippen LogP contribution < -0.4 is 18.9 Å². The van der Waals surface area contributed by atoms with Crippen LogP contribution in [0.4, 0.5) is 4.79 Å². The van der Waals surface area contributed by atoms with Crippen LogP contribution in [-0.4, -0.2) is 79.8 Å². The maximum Gasteiger partial charge on any atom is 0.410 e. The topological polar surface area (TPSA) is 133 Å². The fraction of sp³-hybridized carbons (Fsp3) is 0.356. The standard InChI is InChI=1S/C45H52N2O10/c1-28-22-32(34(24-48)41(39(28)52-7)56-26-31-18-14-11-15-19-31)23-35(46(6)44(51)57-45(3,4)5)43(50)47-21-20-33-37(42(54-9)40(53-8)29(2)38(33)49)36(47)27-55-25-30-16-12-10-13-17-30/h10-22,24,35-36,49H,23,25-27H2,1-9H3/t35-,36-/m0/s1. The monoisotopic (exact) mass is 780 g/mol. The number of fused-ring (bicyclic) bond motifs is 1. The lowest BCUT2D eigenvalue weighted by Crippen LogP contribution is -2.52. The number of hydrogen-bond acceptors (Lipinski definition) is 10. The molecule has 2 amide bonds. The van der Waals surface area contributed by atoms with E-state index in [9.17, 15) is 14.7 Å². The number of carbonyl (C=O) groups is 3. The van der Waals surface area contributed by atoms with Crippen molar-refractivity contribution in [3.8, 4) is 28.7 Å². The minimum absolute atomic E-state index is 0.0262. The molecule has 4 aromatic carbocycles. The molecule has 0 bridgehead atoms. The number of likely N-dealkylation sites (N-methyl/N-ethyl adjacent to an activating group) is 1. The summed E-state index contributed by atoms with van der Waals surface area (Å²) >= 11 is 0. The van der Waals surface area contributed by atoms with E-state index in [1.807, 2.05) is 67.6 Å². The molecule has 0 saturated heterocycles. The van der Waals surface area contributed by atoms with Crippen LogP contribution in [0.1, 0.15) is 76.1 Å². The Hall–Kier alpha value is -6.01. The summed E-state index contributed by atoms with van der Waals surface area (Å²) in [4.78, 5) is 44.8. The Morgan fingerprint density at radius 3 is 2.04 bits per heavy atom. The van der Waals surface area contributed by atoms with E-state index in [0.717, 1.165) is 11.1 Å².